The molecule has 39 heavy (non-hydrogen) atoms. The highest BCUT2D eigenvalue weighted by molar-refractivity contribution is 6.00. The second-order valence-corrected chi connectivity index (χ2v) is 11.8. The third-order valence-electron chi connectivity index (χ3n) is 8.43. The number of fused-ring (bicyclic) bond motifs is 1. The molecule has 3 atom stereocenters. The maximum absolute atomic E-state index is 14.4. The molecular formula is C31H39FN4O3. The second-order valence-electron chi connectivity index (χ2n) is 11.8. The number of carbonyl (C=O) groups is 3. The quantitative estimate of drug-likeness (QED) is 0.618. The third kappa shape index (κ3) is 5.71. The molecule has 2 aromatic carbocycles. The van der Waals surface area contributed by atoms with Gasteiger partial charge in [-0.15, -0.1) is 0 Å². The summed E-state index contributed by atoms with van der Waals surface area (Å²) in [6, 6.07) is 11.4. The van der Waals surface area contributed by atoms with Gasteiger partial charge in [0.25, 0.3) is 0 Å². The molecule has 1 unspecified atom stereocenters. The number of benzene rings is 2. The summed E-state index contributed by atoms with van der Waals surface area (Å²) in [5, 5.41) is 3.06. The van der Waals surface area contributed by atoms with Crippen LogP contribution in [0.15, 0.2) is 48.5 Å². The zero-order valence-electron chi connectivity index (χ0n) is 23.1. The Morgan fingerprint density at radius 1 is 0.974 bits per heavy atom. The van der Waals surface area contributed by atoms with E-state index >= 15 is 0 Å². The van der Waals surface area contributed by atoms with Gasteiger partial charge in [0.2, 0.25) is 17.7 Å². The number of nitrogens with zero attached hydrogens (tertiary/aromatic N) is 3. The van der Waals surface area contributed by atoms with Gasteiger partial charge >= 0.3 is 0 Å². The minimum Gasteiger partial charge on any atom is -0.342 e. The van der Waals surface area contributed by atoms with Crippen molar-refractivity contribution in [2.45, 2.75) is 57.7 Å². The lowest BCUT2D eigenvalue weighted by Crippen LogP contribution is -2.67. The molecule has 7 nitrogen and oxygen atoms in total. The van der Waals surface area contributed by atoms with Crippen LogP contribution >= 0.6 is 0 Å². The van der Waals surface area contributed by atoms with Gasteiger partial charge in [0, 0.05) is 19.6 Å². The largest absolute Gasteiger partial charge is 0.342 e. The van der Waals surface area contributed by atoms with Crippen LogP contribution in [0.4, 0.5) is 4.39 Å². The Morgan fingerprint density at radius 3 is 2.28 bits per heavy atom. The lowest BCUT2D eigenvalue weighted by atomic mass is 9.87. The van der Waals surface area contributed by atoms with E-state index in [1.54, 1.807) is 17.0 Å². The van der Waals surface area contributed by atoms with Crippen LogP contribution in [0.3, 0.4) is 0 Å². The number of nitrogens with one attached hydrogen (secondary N) is 1. The second kappa shape index (κ2) is 11.5. The lowest BCUT2D eigenvalue weighted by Gasteiger charge is -2.45. The number of likely N-dealkylation sites (N-methyl/N-ethyl adjacent to an activating group) is 1. The zero-order valence-corrected chi connectivity index (χ0v) is 23.1. The Balaban J connectivity index is 1.54. The highest BCUT2D eigenvalue weighted by Crippen LogP contribution is 2.36. The molecule has 1 N–H and O–H groups in total. The molecule has 0 bridgehead atoms. The lowest BCUT2D eigenvalue weighted by molar-refractivity contribution is -0.160. The molecule has 2 saturated heterocycles. The fourth-order valence-corrected chi connectivity index (χ4v) is 6.38. The number of halogens is 1. The highest BCUT2D eigenvalue weighted by Gasteiger charge is 2.50. The monoisotopic (exact) mass is 534 g/mol. The summed E-state index contributed by atoms with van der Waals surface area (Å²) in [7, 11) is 2.03. The first kappa shape index (κ1) is 27.3. The predicted octanol–water partition coefficient (Wildman–Crippen LogP) is 3.19. The molecule has 0 spiro atoms. The van der Waals surface area contributed by atoms with Crippen molar-refractivity contribution in [1.29, 1.82) is 0 Å². The summed E-state index contributed by atoms with van der Waals surface area (Å²) in [6.45, 7) is 6.75. The van der Waals surface area contributed by atoms with E-state index in [0.29, 0.717) is 37.9 Å². The first-order chi connectivity index (χ1) is 18.7. The molecule has 208 valence electrons. The van der Waals surface area contributed by atoms with Gasteiger partial charge in [-0.3, -0.25) is 14.4 Å². The van der Waals surface area contributed by atoms with Crippen molar-refractivity contribution in [3.63, 3.8) is 0 Å². The van der Waals surface area contributed by atoms with Crippen molar-refractivity contribution >= 4 is 17.7 Å². The van der Waals surface area contributed by atoms with Crippen LogP contribution in [-0.2, 0) is 27.2 Å². The van der Waals surface area contributed by atoms with E-state index in [1.165, 1.54) is 23.3 Å². The molecule has 3 amide bonds. The van der Waals surface area contributed by atoms with E-state index in [-0.39, 0.29) is 29.6 Å². The van der Waals surface area contributed by atoms with E-state index in [0.717, 1.165) is 19.5 Å². The van der Waals surface area contributed by atoms with Crippen molar-refractivity contribution in [2.75, 3.05) is 33.2 Å². The first-order valence-electron chi connectivity index (χ1n) is 14.1. The minimum absolute atomic E-state index is 0.0860. The maximum atomic E-state index is 14.4. The number of piperazine rings is 1. The molecule has 0 aromatic heterocycles. The fourth-order valence-electron chi connectivity index (χ4n) is 6.38. The number of amides is 3. The minimum atomic E-state index is -0.998. The number of hydrogen-bond donors (Lipinski definition) is 1. The summed E-state index contributed by atoms with van der Waals surface area (Å²) in [5.41, 5.74) is 2.92. The van der Waals surface area contributed by atoms with Gasteiger partial charge in [-0.1, -0.05) is 50.2 Å². The summed E-state index contributed by atoms with van der Waals surface area (Å²) in [5.74, 6) is -1.03. The summed E-state index contributed by atoms with van der Waals surface area (Å²) in [4.78, 5) is 48.0. The van der Waals surface area contributed by atoms with Gasteiger partial charge in [-0.25, -0.2) is 4.39 Å². The third-order valence-corrected chi connectivity index (χ3v) is 8.43. The Kier molecular flexibility index (Phi) is 8.03. The Hall–Kier alpha value is -3.26. The van der Waals surface area contributed by atoms with Crippen molar-refractivity contribution < 1.29 is 18.8 Å². The molecule has 8 heteroatoms. The van der Waals surface area contributed by atoms with Crippen LogP contribution in [-0.4, -0.2) is 77.7 Å². The highest BCUT2D eigenvalue weighted by atomic mass is 19.1. The van der Waals surface area contributed by atoms with Crippen molar-refractivity contribution in [3.8, 4) is 0 Å². The molecule has 1 aliphatic carbocycles. The standard InChI is InChI=1S/C31H39FN4O3/c1-20(2)17-26-29(37)33-27(24-18-22-7-4-5-8-23(22)19-24)30(38)36(26)28(21-9-11-25(32)12-10-21)31(39)35-14-6-13-34(3)15-16-35/h4-5,7-12,20,24,26-28H,6,13-19H2,1-3H3,(H,33,37)/t26-,27-,28?/m1/s1. The van der Waals surface area contributed by atoms with Crippen molar-refractivity contribution in [1.82, 2.24) is 20.0 Å². The van der Waals surface area contributed by atoms with E-state index in [4.69, 9.17) is 0 Å². The maximum Gasteiger partial charge on any atom is 0.250 e. The van der Waals surface area contributed by atoms with Crippen LogP contribution in [0.5, 0.6) is 0 Å². The van der Waals surface area contributed by atoms with Gasteiger partial charge in [-0.2, -0.15) is 0 Å². The summed E-state index contributed by atoms with van der Waals surface area (Å²) < 4.78 is 14.0. The summed E-state index contributed by atoms with van der Waals surface area (Å²) in [6.07, 6.45) is 2.65. The van der Waals surface area contributed by atoms with Crippen LogP contribution in [0, 0.1) is 17.7 Å². The van der Waals surface area contributed by atoms with Crippen molar-refractivity contribution in [3.05, 3.63) is 71.0 Å². The van der Waals surface area contributed by atoms with Crippen molar-refractivity contribution in [2.24, 2.45) is 11.8 Å². The molecule has 2 aromatic rings. The van der Waals surface area contributed by atoms with Crippen LogP contribution < -0.4 is 5.32 Å². The van der Waals surface area contributed by atoms with Gasteiger partial charge in [0.15, 0.2) is 0 Å². The summed E-state index contributed by atoms with van der Waals surface area (Å²) >= 11 is 0. The zero-order chi connectivity index (χ0) is 27.7. The van der Waals surface area contributed by atoms with Crippen LogP contribution in [0.25, 0.3) is 0 Å². The van der Waals surface area contributed by atoms with E-state index in [9.17, 15) is 18.8 Å². The average Bonchev–Trinajstić information content (AvgIpc) is 3.22. The predicted molar refractivity (Wildman–Crippen MR) is 147 cm³/mol. The van der Waals surface area contributed by atoms with Gasteiger partial charge in [0.1, 0.15) is 23.9 Å². The number of rotatable bonds is 6. The smallest absolute Gasteiger partial charge is 0.250 e. The normalized spacial score (nSPS) is 23.5. The molecule has 2 fully saturated rings. The Labute approximate surface area is 230 Å². The van der Waals surface area contributed by atoms with E-state index in [2.05, 4.69) is 22.3 Å². The molecule has 2 heterocycles. The average molecular weight is 535 g/mol. The number of carbonyl (C=O) groups excluding carboxylic acids is 3. The van der Waals surface area contributed by atoms with Gasteiger partial charge in [0.05, 0.1) is 0 Å². The molecule has 5 rings (SSSR count). The molecule has 0 saturated carbocycles. The van der Waals surface area contributed by atoms with E-state index in [1.807, 2.05) is 37.9 Å². The van der Waals surface area contributed by atoms with Crippen LogP contribution in [0.2, 0.25) is 0 Å². The Morgan fingerprint density at radius 2 is 1.64 bits per heavy atom. The topological polar surface area (TPSA) is 73.0 Å². The number of hydrogen-bond acceptors (Lipinski definition) is 4. The fraction of sp³-hybridized carbons (Fsp3) is 0.516. The molecule has 2 aliphatic heterocycles. The van der Waals surface area contributed by atoms with Gasteiger partial charge in [-0.05, 0) is 79.9 Å². The molecule has 3 aliphatic rings. The van der Waals surface area contributed by atoms with Crippen LogP contribution in [0.1, 0.15) is 49.4 Å². The Bertz CT molecular complexity index is 1190. The SMILES string of the molecule is CC(C)C[C@@H]1C(=O)N[C@H](C2Cc3ccccc3C2)C(=O)N1C(C(=O)N1CCCN(C)CC1)c1ccc(F)cc1. The molecule has 0 radical (unpaired) electrons. The molecular weight excluding hydrogens is 495 g/mol. The van der Waals surface area contributed by atoms with E-state index < -0.39 is 23.9 Å². The first-order valence-corrected chi connectivity index (χ1v) is 14.1. The van der Waals surface area contributed by atoms with Gasteiger partial charge < -0.3 is 20.0 Å².